The third-order valence-electron chi connectivity index (χ3n) is 3.17. The van der Waals surface area contributed by atoms with E-state index in [4.69, 9.17) is 11.6 Å². The molecule has 0 fully saturated rings. The Morgan fingerprint density at radius 3 is 2.26 bits per heavy atom. The van der Waals surface area contributed by atoms with Crippen LogP contribution >= 0.6 is 18.9 Å². The van der Waals surface area contributed by atoms with Gasteiger partial charge in [0.25, 0.3) is 5.69 Å². The first-order valence-electron chi connectivity index (χ1n) is 5.77. The minimum absolute atomic E-state index is 0.0248. The van der Waals surface area contributed by atoms with Gasteiger partial charge in [0.15, 0.2) is 0 Å². The summed E-state index contributed by atoms with van der Waals surface area (Å²) >= 11 is 5.86. The Balaban J connectivity index is 2.53. The van der Waals surface area contributed by atoms with Gasteiger partial charge < -0.3 is 0 Å². The molecule has 19 heavy (non-hydrogen) atoms. The van der Waals surface area contributed by atoms with Crippen molar-refractivity contribution < 1.29 is 4.92 Å². The third kappa shape index (κ3) is 2.78. The van der Waals surface area contributed by atoms with Crippen LogP contribution in [0.4, 0.5) is 5.69 Å². The van der Waals surface area contributed by atoms with Gasteiger partial charge in [-0.15, -0.1) is 0 Å². The number of halogens is 1. The molecule has 0 aromatic heterocycles. The lowest BCUT2D eigenvalue weighted by Crippen LogP contribution is -2.20. The minimum atomic E-state index is -1.60. The maximum Gasteiger partial charge on any atom is 0.291 e. The monoisotopic (exact) mass is 294 g/mol. The maximum absolute atomic E-state index is 11.0. The summed E-state index contributed by atoms with van der Waals surface area (Å²) in [6.07, 6.45) is 0. The first kappa shape index (κ1) is 14.0. The highest BCUT2D eigenvalue weighted by Gasteiger charge is 2.33. The molecule has 0 aliphatic rings. The van der Waals surface area contributed by atoms with Crippen LogP contribution in [0.5, 0.6) is 0 Å². The number of nitrogens with zero attached hydrogens (tertiary/aromatic N) is 1. The summed E-state index contributed by atoms with van der Waals surface area (Å²) in [5.41, 5.74) is -0.0248. The molecule has 0 bridgehead atoms. The second kappa shape index (κ2) is 5.28. The van der Waals surface area contributed by atoms with Crippen molar-refractivity contribution >= 4 is 35.2 Å². The van der Waals surface area contributed by atoms with Crippen molar-refractivity contribution in [3.8, 4) is 0 Å². The minimum Gasteiger partial charge on any atom is -0.258 e. The van der Waals surface area contributed by atoms with Crippen LogP contribution in [0.3, 0.4) is 0 Å². The van der Waals surface area contributed by atoms with E-state index in [1.807, 2.05) is 24.3 Å². The van der Waals surface area contributed by atoms with E-state index < -0.39 is 12.2 Å². The molecule has 98 valence electrons. The van der Waals surface area contributed by atoms with Crippen LogP contribution < -0.4 is 10.6 Å². The lowest BCUT2D eigenvalue weighted by Gasteiger charge is -2.17. The molecule has 2 rings (SSSR count). The molecule has 0 amide bonds. The van der Waals surface area contributed by atoms with Crippen molar-refractivity contribution in [3.05, 3.63) is 63.7 Å². The molecular weight excluding hydrogens is 281 g/mol. The molecule has 0 radical (unpaired) electrons. The normalized spacial score (nSPS) is 11.3. The molecule has 2 aromatic carbocycles. The summed E-state index contributed by atoms with van der Waals surface area (Å²) in [6, 6.07) is 15.2. The molecule has 0 saturated carbocycles. The van der Waals surface area contributed by atoms with Crippen LogP contribution in [0.2, 0.25) is 5.02 Å². The molecule has 0 atom stereocenters. The zero-order valence-corrected chi connectivity index (χ0v) is 12.4. The Kier molecular flexibility index (Phi) is 3.88. The fraction of sp³-hybridized carbons (Fsp3) is 0.143. The predicted octanol–water partition coefficient (Wildman–Crippen LogP) is 3.48. The van der Waals surface area contributed by atoms with Crippen molar-refractivity contribution in [3.63, 3.8) is 0 Å². The average molecular weight is 295 g/mol. The summed E-state index contributed by atoms with van der Waals surface area (Å²) in [6.45, 7) is 4.30. The zero-order valence-electron chi connectivity index (χ0n) is 10.7. The van der Waals surface area contributed by atoms with Crippen molar-refractivity contribution in [2.45, 2.75) is 0 Å². The predicted molar refractivity (Wildman–Crippen MR) is 82.6 cm³/mol. The van der Waals surface area contributed by atoms with Crippen molar-refractivity contribution in [1.82, 2.24) is 0 Å². The Morgan fingerprint density at radius 2 is 1.68 bits per heavy atom. The van der Waals surface area contributed by atoms with Gasteiger partial charge in [-0.05, 0) is 24.3 Å². The molecule has 0 heterocycles. The second-order valence-electron chi connectivity index (χ2n) is 4.68. The Morgan fingerprint density at radius 1 is 1.05 bits per heavy atom. The van der Waals surface area contributed by atoms with Crippen molar-refractivity contribution in [1.29, 1.82) is 0 Å². The van der Waals surface area contributed by atoms with Gasteiger partial charge in [-0.2, -0.15) is 0 Å². The lowest BCUT2D eigenvalue weighted by molar-refractivity contribution is -0.384. The third-order valence-corrected chi connectivity index (χ3v) is 6.65. The molecule has 5 heteroatoms. The number of hydrogen-bond acceptors (Lipinski definition) is 2. The van der Waals surface area contributed by atoms with Crippen LogP contribution in [-0.2, 0) is 0 Å². The number of rotatable bonds is 3. The molecule has 0 saturated heterocycles. The Bertz CT molecular complexity index is 614. The van der Waals surface area contributed by atoms with Gasteiger partial charge in [-0.3, -0.25) is 10.1 Å². The standard InChI is InChI=1S/C14H14ClNO2P/c1-19(2,11-6-4-3-5-7-11)12-8-9-13(15)14(10-12)16(17)18/h3-10H,1-2H3/q+1. The molecule has 2 aromatic rings. The quantitative estimate of drug-likeness (QED) is 0.494. The first-order chi connectivity index (χ1) is 8.93. The average Bonchev–Trinajstić information content (AvgIpc) is 2.39. The SMILES string of the molecule is C[P+](C)(c1ccccc1)c1ccc(Cl)c([N+](=O)[O-])c1. The van der Waals surface area contributed by atoms with Crippen molar-refractivity contribution in [2.75, 3.05) is 13.3 Å². The first-order valence-corrected chi connectivity index (χ1v) is 8.83. The van der Waals surface area contributed by atoms with Crippen LogP contribution in [0.25, 0.3) is 0 Å². The summed E-state index contributed by atoms with van der Waals surface area (Å²) in [7, 11) is -1.60. The fourth-order valence-electron chi connectivity index (χ4n) is 1.94. The van der Waals surface area contributed by atoms with Gasteiger partial charge in [0.2, 0.25) is 0 Å². The molecule has 0 N–H and O–H groups in total. The summed E-state index contributed by atoms with van der Waals surface area (Å²) in [5.74, 6) is 0. The molecule has 3 nitrogen and oxygen atoms in total. The highest BCUT2D eigenvalue weighted by Crippen LogP contribution is 2.49. The Labute approximate surface area is 117 Å². The zero-order chi connectivity index (χ0) is 14.0. The highest BCUT2D eigenvalue weighted by molar-refractivity contribution is 7.88. The van der Waals surface area contributed by atoms with E-state index >= 15 is 0 Å². The molecular formula is C14H14ClNO2P+. The van der Waals surface area contributed by atoms with Crippen LogP contribution in [-0.4, -0.2) is 18.3 Å². The van der Waals surface area contributed by atoms with E-state index in [1.54, 1.807) is 12.1 Å². The van der Waals surface area contributed by atoms with E-state index in [1.165, 1.54) is 5.30 Å². The molecule has 0 spiro atoms. The van der Waals surface area contributed by atoms with Gasteiger partial charge in [0.05, 0.1) is 36.9 Å². The summed E-state index contributed by atoms with van der Waals surface area (Å²) < 4.78 is 0. The fourth-order valence-corrected chi connectivity index (χ4v) is 4.23. The smallest absolute Gasteiger partial charge is 0.258 e. The van der Waals surface area contributed by atoms with E-state index in [-0.39, 0.29) is 10.7 Å². The second-order valence-corrected chi connectivity index (χ2v) is 9.03. The van der Waals surface area contributed by atoms with E-state index in [0.29, 0.717) is 0 Å². The highest BCUT2D eigenvalue weighted by atomic mass is 35.5. The largest absolute Gasteiger partial charge is 0.291 e. The van der Waals surface area contributed by atoms with Gasteiger partial charge in [-0.1, -0.05) is 29.8 Å². The molecule has 0 aliphatic carbocycles. The van der Waals surface area contributed by atoms with E-state index in [9.17, 15) is 10.1 Å². The van der Waals surface area contributed by atoms with Crippen LogP contribution in [0.15, 0.2) is 48.5 Å². The summed E-state index contributed by atoms with van der Waals surface area (Å²) in [5, 5.41) is 13.3. The van der Waals surface area contributed by atoms with Gasteiger partial charge in [0.1, 0.15) is 10.3 Å². The number of nitro groups is 1. The van der Waals surface area contributed by atoms with Gasteiger partial charge in [0, 0.05) is 0 Å². The van der Waals surface area contributed by atoms with Crippen LogP contribution in [0.1, 0.15) is 0 Å². The van der Waals surface area contributed by atoms with Crippen molar-refractivity contribution in [2.24, 2.45) is 0 Å². The number of hydrogen-bond donors (Lipinski definition) is 0. The van der Waals surface area contributed by atoms with Crippen LogP contribution in [0, 0.1) is 10.1 Å². The number of nitro benzene ring substituents is 1. The maximum atomic E-state index is 11.0. The molecule has 0 unspecified atom stereocenters. The molecule has 0 aliphatic heterocycles. The van der Waals surface area contributed by atoms with E-state index in [0.717, 1.165) is 5.30 Å². The van der Waals surface area contributed by atoms with E-state index in [2.05, 4.69) is 25.5 Å². The number of benzene rings is 2. The topological polar surface area (TPSA) is 43.1 Å². The van der Waals surface area contributed by atoms with Gasteiger partial charge in [-0.25, -0.2) is 0 Å². The Hall–Kier alpha value is -1.44. The summed E-state index contributed by atoms with van der Waals surface area (Å²) in [4.78, 5) is 10.5. The van der Waals surface area contributed by atoms with Gasteiger partial charge >= 0.3 is 0 Å². The lowest BCUT2D eigenvalue weighted by atomic mass is 10.3.